The second-order valence-electron chi connectivity index (χ2n) is 14.2. The van der Waals surface area contributed by atoms with Crippen LogP contribution in [0, 0.1) is 0 Å². The van der Waals surface area contributed by atoms with Crippen molar-refractivity contribution < 1.29 is 0 Å². The van der Waals surface area contributed by atoms with Crippen molar-refractivity contribution >= 4 is 55.2 Å². The van der Waals surface area contributed by atoms with Crippen molar-refractivity contribution in [3.05, 3.63) is 204 Å². The van der Waals surface area contributed by atoms with Crippen molar-refractivity contribution in [1.29, 1.82) is 0 Å². The second-order valence-corrected chi connectivity index (χ2v) is 15.3. The largest absolute Gasteiger partial charge is 0.293 e. The van der Waals surface area contributed by atoms with Crippen molar-refractivity contribution in [3.8, 4) is 28.1 Å². The first-order valence-electron chi connectivity index (χ1n) is 18.2. The predicted molar refractivity (Wildman–Crippen MR) is 220 cm³/mol. The zero-order chi connectivity index (χ0) is 34.7. The smallest absolute Gasteiger partial charge is 0.138 e. The van der Waals surface area contributed by atoms with Gasteiger partial charge in [0.05, 0.1) is 22.0 Å². The van der Waals surface area contributed by atoms with Crippen molar-refractivity contribution in [2.45, 2.75) is 15.2 Å². The standard InChI is InChI=1S/C50H30N2S/c1-2-14-31(15-3-1)38-29-48(51-44-24-12-8-20-36(38)44)52-45-30-47-43(28-39(45)37-27-26-32-16-4-5-17-33(32)49(37)52)50(42-23-11-13-25-46(42)53-47)40-21-9-6-18-34(40)35-19-7-10-22-41(35)50/h1-30H. The van der Waals surface area contributed by atoms with Gasteiger partial charge in [0.25, 0.3) is 0 Å². The molecular weight excluding hydrogens is 661 g/mol. The Labute approximate surface area is 311 Å². The quantitative estimate of drug-likeness (QED) is 0.180. The highest BCUT2D eigenvalue weighted by molar-refractivity contribution is 7.99. The minimum Gasteiger partial charge on any atom is -0.293 e. The third-order valence-electron chi connectivity index (χ3n) is 11.6. The van der Waals surface area contributed by atoms with Gasteiger partial charge in [-0.25, -0.2) is 4.98 Å². The number of nitrogens with zero attached hydrogens (tertiary/aromatic N) is 2. The van der Waals surface area contributed by atoms with E-state index in [-0.39, 0.29) is 0 Å². The van der Waals surface area contributed by atoms with Crippen LogP contribution in [-0.4, -0.2) is 9.55 Å². The molecule has 12 rings (SSSR count). The molecule has 0 unspecified atom stereocenters. The van der Waals surface area contributed by atoms with E-state index in [4.69, 9.17) is 4.98 Å². The zero-order valence-corrected chi connectivity index (χ0v) is 29.4. The van der Waals surface area contributed by atoms with Crippen molar-refractivity contribution in [1.82, 2.24) is 9.55 Å². The first kappa shape index (κ1) is 29.2. The van der Waals surface area contributed by atoms with Gasteiger partial charge in [0.1, 0.15) is 5.82 Å². The van der Waals surface area contributed by atoms with Gasteiger partial charge in [-0.3, -0.25) is 4.57 Å². The molecule has 246 valence electrons. The lowest BCUT2D eigenvalue weighted by Gasteiger charge is -2.39. The molecular formula is C50H30N2S. The van der Waals surface area contributed by atoms with E-state index in [1.165, 1.54) is 86.9 Å². The third-order valence-corrected chi connectivity index (χ3v) is 12.8. The van der Waals surface area contributed by atoms with E-state index in [0.29, 0.717) is 0 Å². The van der Waals surface area contributed by atoms with Crippen LogP contribution in [-0.2, 0) is 5.41 Å². The summed E-state index contributed by atoms with van der Waals surface area (Å²) in [7, 11) is 0. The normalized spacial score (nSPS) is 13.7. The number of hydrogen-bond donors (Lipinski definition) is 0. The summed E-state index contributed by atoms with van der Waals surface area (Å²) in [4.78, 5) is 8.02. The number of hydrogen-bond acceptors (Lipinski definition) is 2. The molecule has 1 aliphatic heterocycles. The summed E-state index contributed by atoms with van der Waals surface area (Å²) in [6, 6.07) is 67.1. The molecule has 0 N–H and O–H groups in total. The number of rotatable bonds is 2. The van der Waals surface area contributed by atoms with Gasteiger partial charge < -0.3 is 0 Å². The maximum Gasteiger partial charge on any atom is 0.138 e. The minimum absolute atomic E-state index is 0.439. The van der Waals surface area contributed by atoms with Gasteiger partial charge in [0.15, 0.2) is 0 Å². The molecule has 2 nitrogen and oxygen atoms in total. The van der Waals surface area contributed by atoms with Crippen LogP contribution in [0.3, 0.4) is 0 Å². The lowest BCUT2D eigenvalue weighted by molar-refractivity contribution is 0.724. The molecule has 53 heavy (non-hydrogen) atoms. The topological polar surface area (TPSA) is 17.8 Å². The summed E-state index contributed by atoms with van der Waals surface area (Å²) in [5, 5.41) is 6.06. The molecule has 0 fully saturated rings. The predicted octanol–water partition coefficient (Wildman–Crippen LogP) is 13.0. The molecule has 0 radical (unpaired) electrons. The molecule has 0 saturated carbocycles. The first-order valence-corrected chi connectivity index (χ1v) is 19.0. The van der Waals surface area contributed by atoms with E-state index in [0.717, 1.165) is 16.7 Å². The van der Waals surface area contributed by atoms with Crippen LogP contribution in [0.25, 0.3) is 71.6 Å². The molecule has 3 heteroatoms. The molecule has 1 spiro atoms. The van der Waals surface area contributed by atoms with E-state index < -0.39 is 5.41 Å². The maximum atomic E-state index is 5.45. The Hall–Kier alpha value is -6.42. The highest BCUT2D eigenvalue weighted by Crippen LogP contribution is 2.62. The average Bonchev–Trinajstić information content (AvgIpc) is 3.71. The monoisotopic (exact) mass is 690 g/mol. The van der Waals surface area contributed by atoms with Crippen LogP contribution in [0.1, 0.15) is 22.3 Å². The van der Waals surface area contributed by atoms with Crippen LogP contribution >= 0.6 is 11.8 Å². The van der Waals surface area contributed by atoms with Gasteiger partial charge in [-0.15, -0.1) is 0 Å². The zero-order valence-electron chi connectivity index (χ0n) is 28.6. The molecule has 1 aliphatic carbocycles. The van der Waals surface area contributed by atoms with E-state index in [2.05, 4.69) is 187 Å². The fourth-order valence-corrected chi connectivity index (χ4v) is 10.7. The second kappa shape index (κ2) is 10.8. The summed E-state index contributed by atoms with van der Waals surface area (Å²) in [5.41, 5.74) is 13.3. The number of benzene rings is 8. The molecule has 8 aromatic carbocycles. The summed E-state index contributed by atoms with van der Waals surface area (Å²) in [5.74, 6) is 0.923. The average molecular weight is 691 g/mol. The molecule has 3 heterocycles. The maximum absolute atomic E-state index is 5.45. The SMILES string of the molecule is c1ccc(-c2cc(-n3c4cc5c(cc4c4ccc6ccccc6c43)C3(c4ccccc4S5)c4ccccc4-c4ccccc43)nc3ccccc23)cc1. The summed E-state index contributed by atoms with van der Waals surface area (Å²) < 4.78 is 2.44. The summed E-state index contributed by atoms with van der Waals surface area (Å²) in [6.07, 6.45) is 0. The number of aromatic nitrogens is 2. The Balaban J connectivity index is 1.25. The van der Waals surface area contributed by atoms with E-state index in [1.807, 2.05) is 11.8 Å². The first-order chi connectivity index (χ1) is 26.3. The van der Waals surface area contributed by atoms with E-state index in [9.17, 15) is 0 Å². The van der Waals surface area contributed by atoms with Crippen LogP contribution in [0.5, 0.6) is 0 Å². The molecule has 0 saturated heterocycles. The number of para-hydroxylation sites is 1. The molecule has 2 aliphatic rings. The number of fused-ring (bicyclic) bond motifs is 15. The Morgan fingerprint density at radius 2 is 1.09 bits per heavy atom. The Bertz CT molecular complexity index is 3110. The highest BCUT2D eigenvalue weighted by atomic mass is 32.2. The van der Waals surface area contributed by atoms with Crippen molar-refractivity contribution in [2.75, 3.05) is 0 Å². The van der Waals surface area contributed by atoms with Crippen LogP contribution in [0.2, 0.25) is 0 Å². The minimum atomic E-state index is -0.439. The lowest BCUT2D eigenvalue weighted by atomic mass is 9.67. The van der Waals surface area contributed by atoms with Crippen LogP contribution < -0.4 is 0 Å². The van der Waals surface area contributed by atoms with E-state index in [1.54, 1.807) is 0 Å². The van der Waals surface area contributed by atoms with Crippen LogP contribution in [0.15, 0.2) is 192 Å². The lowest BCUT2D eigenvalue weighted by Crippen LogP contribution is -2.32. The summed E-state index contributed by atoms with van der Waals surface area (Å²) in [6.45, 7) is 0. The van der Waals surface area contributed by atoms with Gasteiger partial charge in [-0.1, -0.05) is 163 Å². The third kappa shape index (κ3) is 3.87. The van der Waals surface area contributed by atoms with Crippen molar-refractivity contribution in [3.63, 3.8) is 0 Å². The Morgan fingerprint density at radius 3 is 1.91 bits per heavy atom. The van der Waals surface area contributed by atoms with Gasteiger partial charge in [0, 0.05) is 31.3 Å². The van der Waals surface area contributed by atoms with Gasteiger partial charge >= 0.3 is 0 Å². The summed E-state index contributed by atoms with van der Waals surface area (Å²) >= 11 is 1.89. The molecule has 2 aromatic heterocycles. The Kier molecular flexibility index (Phi) is 5.95. The van der Waals surface area contributed by atoms with Crippen LogP contribution in [0.4, 0.5) is 0 Å². The van der Waals surface area contributed by atoms with E-state index >= 15 is 0 Å². The van der Waals surface area contributed by atoms with Crippen molar-refractivity contribution in [2.24, 2.45) is 0 Å². The fourth-order valence-electron chi connectivity index (χ4n) is 9.50. The Morgan fingerprint density at radius 1 is 0.434 bits per heavy atom. The fraction of sp³-hybridized carbons (Fsp3) is 0.0200. The van der Waals surface area contributed by atoms with Gasteiger partial charge in [-0.05, 0) is 80.2 Å². The van der Waals surface area contributed by atoms with Gasteiger partial charge in [-0.2, -0.15) is 0 Å². The van der Waals surface area contributed by atoms with Gasteiger partial charge in [0.2, 0.25) is 0 Å². The highest BCUT2D eigenvalue weighted by Gasteiger charge is 2.50. The molecule has 0 atom stereocenters. The molecule has 10 aromatic rings. The molecule has 0 bridgehead atoms. The number of pyridine rings is 1. The molecule has 0 amide bonds.